The normalized spacial score (nSPS) is 15.6. The molecule has 0 saturated heterocycles. The summed E-state index contributed by atoms with van der Waals surface area (Å²) in [5.74, 6) is 0.795. The average Bonchev–Trinajstić information content (AvgIpc) is 3.71. The zero-order valence-corrected chi connectivity index (χ0v) is 31.9. The number of hydrogen-bond acceptors (Lipinski definition) is 5. The first-order valence-electron chi connectivity index (χ1n) is 20.1. The van der Waals surface area contributed by atoms with Gasteiger partial charge in [-0.05, 0) is 83.0 Å². The molecule has 5 nitrogen and oxygen atoms in total. The van der Waals surface area contributed by atoms with Crippen LogP contribution in [0, 0.1) is 0 Å². The van der Waals surface area contributed by atoms with Crippen LogP contribution in [0.2, 0.25) is 0 Å². The van der Waals surface area contributed by atoms with Gasteiger partial charge in [-0.2, -0.15) is 0 Å². The highest BCUT2D eigenvalue weighted by molar-refractivity contribution is 6.26. The molecule has 2 unspecified atom stereocenters. The number of aliphatic imine (C=N–C) groups is 1. The second-order valence-corrected chi connectivity index (χ2v) is 15.4. The minimum atomic E-state index is -0.277. The fourth-order valence-corrected chi connectivity index (χ4v) is 9.22. The molecule has 0 spiro atoms. The zero-order chi connectivity index (χ0) is 38.9. The third-order valence-corrected chi connectivity index (χ3v) is 12.0. The highest BCUT2D eigenvalue weighted by Gasteiger charge is 2.28. The molecule has 278 valence electrons. The Morgan fingerprint density at radius 1 is 0.441 bits per heavy atom. The van der Waals surface area contributed by atoms with Crippen LogP contribution in [-0.2, 0) is 0 Å². The van der Waals surface area contributed by atoms with Gasteiger partial charge < -0.3 is 9.73 Å². The van der Waals surface area contributed by atoms with Gasteiger partial charge in [0.25, 0.3) is 0 Å². The molecule has 5 heteroatoms. The number of amidine groups is 1. The van der Waals surface area contributed by atoms with E-state index in [1.165, 1.54) is 54.2 Å². The Bertz CT molecular complexity index is 3420. The highest BCUT2D eigenvalue weighted by atomic mass is 16.3. The summed E-state index contributed by atoms with van der Waals surface area (Å²) in [6.07, 6.45) is 3.37. The van der Waals surface area contributed by atoms with Crippen molar-refractivity contribution < 1.29 is 4.42 Å². The monoisotopic (exact) mass is 756 g/mol. The van der Waals surface area contributed by atoms with E-state index in [4.69, 9.17) is 14.4 Å². The van der Waals surface area contributed by atoms with Gasteiger partial charge in [0.05, 0.1) is 0 Å². The van der Waals surface area contributed by atoms with Crippen molar-refractivity contribution in [2.45, 2.75) is 12.3 Å². The summed E-state index contributed by atoms with van der Waals surface area (Å²) >= 11 is 0. The minimum Gasteiger partial charge on any atom is -0.455 e. The van der Waals surface area contributed by atoms with Crippen molar-refractivity contribution in [2.75, 3.05) is 0 Å². The zero-order valence-electron chi connectivity index (χ0n) is 31.9. The summed E-state index contributed by atoms with van der Waals surface area (Å²) in [6.45, 7) is 0. The van der Waals surface area contributed by atoms with Gasteiger partial charge in [0.2, 0.25) is 0 Å². The van der Waals surface area contributed by atoms with Gasteiger partial charge in [-0.25, -0.2) is 4.99 Å². The summed E-state index contributed by atoms with van der Waals surface area (Å²) in [4.78, 5) is 10.2. The standard InChI is InChI=1S/C54H36N4O/c1-2-13-35(14-3-1)52-56-53(36-26-24-34(25-27-36)39-21-10-15-33-12-4-5-16-38(33)39)58-54(57-52)45-22-11-23-49-50(45)48-32-55-31-47(51(48)59-49)37-28-29-44-42-19-7-6-17-40(42)41-18-8-9-20-43(41)46(44)30-37/h1-32,52-53,56H,(H,57,58). The van der Waals surface area contributed by atoms with Gasteiger partial charge >= 0.3 is 0 Å². The van der Waals surface area contributed by atoms with E-state index in [-0.39, 0.29) is 12.3 Å². The number of rotatable bonds is 5. The fourth-order valence-electron chi connectivity index (χ4n) is 9.22. The Balaban J connectivity index is 0.972. The van der Waals surface area contributed by atoms with Crippen LogP contribution in [-0.4, -0.2) is 10.8 Å². The summed E-state index contributed by atoms with van der Waals surface area (Å²) in [7, 11) is 0. The maximum absolute atomic E-state index is 6.81. The number of hydrogen-bond donors (Lipinski definition) is 2. The van der Waals surface area contributed by atoms with Crippen molar-refractivity contribution in [3.8, 4) is 22.3 Å². The molecular formula is C54H36N4O. The molecule has 0 radical (unpaired) electrons. The van der Waals surface area contributed by atoms with E-state index in [1.54, 1.807) is 0 Å². The molecule has 12 rings (SSSR count). The van der Waals surface area contributed by atoms with Gasteiger partial charge in [-0.1, -0.05) is 170 Å². The molecule has 1 aliphatic rings. The topological polar surface area (TPSA) is 62.5 Å². The number of nitrogens with zero attached hydrogens (tertiary/aromatic N) is 2. The highest BCUT2D eigenvalue weighted by Crippen LogP contribution is 2.41. The van der Waals surface area contributed by atoms with E-state index in [2.05, 4.69) is 180 Å². The third-order valence-electron chi connectivity index (χ3n) is 12.0. The predicted octanol–water partition coefficient (Wildman–Crippen LogP) is 13.3. The van der Waals surface area contributed by atoms with E-state index in [1.807, 2.05) is 24.5 Å². The molecule has 2 aromatic heterocycles. The molecule has 0 saturated carbocycles. The smallest absolute Gasteiger partial charge is 0.146 e. The van der Waals surface area contributed by atoms with Crippen molar-refractivity contribution >= 4 is 70.9 Å². The van der Waals surface area contributed by atoms with Gasteiger partial charge in [0.15, 0.2) is 0 Å². The molecule has 0 bridgehead atoms. The molecule has 3 heterocycles. The summed E-state index contributed by atoms with van der Waals surface area (Å²) in [6, 6.07) is 64.7. The first-order valence-corrected chi connectivity index (χ1v) is 20.1. The van der Waals surface area contributed by atoms with Crippen molar-refractivity contribution in [3.05, 3.63) is 211 Å². The van der Waals surface area contributed by atoms with E-state index in [9.17, 15) is 0 Å². The van der Waals surface area contributed by atoms with E-state index in [0.717, 1.165) is 55.6 Å². The molecule has 1 aliphatic heterocycles. The first kappa shape index (κ1) is 33.5. The van der Waals surface area contributed by atoms with Crippen molar-refractivity contribution in [1.82, 2.24) is 15.6 Å². The van der Waals surface area contributed by atoms with Gasteiger partial charge in [0, 0.05) is 34.3 Å². The summed E-state index contributed by atoms with van der Waals surface area (Å²) < 4.78 is 6.81. The molecule has 11 aromatic rings. The molecule has 9 aromatic carbocycles. The number of aromatic nitrogens is 1. The van der Waals surface area contributed by atoms with Crippen molar-refractivity contribution in [1.29, 1.82) is 0 Å². The van der Waals surface area contributed by atoms with Crippen LogP contribution in [0.15, 0.2) is 204 Å². The lowest BCUT2D eigenvalue weighted by atomic mass is 9.92. The Morgan fingerprint density at radius 2 is 1.07 bits per heavy atom. The lowest BCUT2D eigenvalue weighted by Gasteiger charge is -2.32. The molecule has 59 heavy (non-hydrogen) atoms. The molecule has 0 aliphatic carbocycles. The van der Waals surface area contributed by atoms with Crippen molar-refractivity contribution in [3.63, 3.8) is 0 Å². The number of nitrogens with one attached hydrogen (secondary N) is 2. The van der Waals surface area contributed by atoms with Crippen molar-refractivity contribution in [2.24, 2.45) is 4.99 Å². The summed E-state index contributed by atoms with van der Waals surface area (Å²) in [5.41, 5.74) is 9.19. The SMILES string of the molecule is c1ccc(C2N=C(c3cccc4oc5c(-c6ccc7c8ccccc8c8ccccc8c7c6)cncc5c34)NC(c3ccc(-c4cccc5ccccc45)cc3)N2)cc1. The van der Waals surface area contributed by atoms with Crippen LogP contribution < -0.4 is 10.6 Å². The third kappa shape index (κ3) is 5.51. The lowest BCUT2D eigenvalue weighted by molar-refractivity contribution is 0.409. The van der Waals surface area contributed by atoms with Crippen LogP contribution in [0.3, 0.4) is 0 Å². The fraction of sp³-hybridized carbons (Fsp3) is 0.0370. The molecule has 0 amide bonds. The van der Waals surface area contributed by atoms with Crippen LogP contribution in [0.5, 0.6) is 0 Å². The lowest BCUT2D eigenvalue weighted by Crippen LogP contribution is -2.45. The molecule has 2 N–H and O–H groups in total. The van der Waals surface area contributed by atoms with Crippen LogP contribution in [0.4, 0.5) is 0 Å². The predicted molar refractivity (Wildman–Crippen MR) is 244 cm³/mol. The van der Waals surface area contributed by atoms with E-state index < -0.39 is 0 Å². The largest absolute Gasteiger partial charge is 0.455 e. The quantitative estimate of drug-likeness (QED) is 0.172. The second kappa shape index (κ2) is 13.5. The minimum absolute atomic E-state index is 0.208. The van der Waals surface area contributed by atoms with Crippen LogP contribution in [0.1, 0.15) is 29.0 Å². The Hall–Kier alpha value is -7.60. The molecular weight excluding hydrogens is 721 g/mol. The van der Waals surface area contributed by atoms with Gasteiger partial charge in [-0.15, -0.1) is 0 Å². The van der Waals surface area contributed by atoms with Crippen LogP contribution in [0.25, 0.3) is 87.3 Å². The molecule has 2 atom stereocenters. The maximum Gasteiger partial charge on any atom is 0.146 e. The van der Waals surface area contributed by atoms with Crippen LogP contribution >= 0.6 is 0 Å². The number of fused-ring (bicyclic) bond motifs is 10. The number of pyridine rings is 1. The Kier molecular flexibility index (Phi) is 7.68. The number of benzene rings is 9. The maximum atomic E-state index is 6.81. The Morgan fingerprint density at radius 3 is 1.85 bits per heavy atom. The number of furan rings is 1. The van der Waals surface area contributed by atoms with E-state index in [0.29, 0.717) is 0 Å². The Labute approximate surface area is 340 Å². The first-order chi connectivity index (χ1) is 29.2. The summed E-state index contributed by atoms with van der Waals surface area (Å²) in [5, 5.41) is 19.4. The average molecular weight is 757 g/mol. The second-order valence-electron chi connectivity index (χ2n) is 15.4. The molecule has 0 fully saturated rings. The van der Waals surface area contributed by atoms with E-state index >= 15 is 0 Å². The van der Waals surface area contributed by atoms with Gasteiger partial charge in [-0.3, -0.25) is 10.3 Å². The van der Waals surface area contributed by atoms with Gasteiger partial charge in [0.1, 0.15) is 29.3 Å².